The molecule has 5 heteroatoms. The van der Waals surface area contributed by atoms with Gasteiger partial charge in [-0.3, -0.25) is 5.84 Å². The van der Waals surface area contributed by atoms with Crippen molar-refractivity contribution in [1.29, 1.82) is 0 Å². The van der Waals surface area contributed by atoms with Crippen LogP contribution < -0.4 is 11.3 Å². The van der Waals surface area contributed by atoms with E-state index in [4.69, 9.17) is 10.3 Å². The lowest BCUT2D eigenvalue weighted by atomic mass is 10.1. The molecule has 0 radical (unpaired) electrons. The van der Waals surface area contributed by atoms with Crippen LogP contribution in [0.3, 0.4) is 0 Å². The second kappa shape index (κ2) is 4.77. The van der Waals surface area contributed by atoms with E-state index >= 15 is 0 Å². The first-order valence-electron chi connectivity index (χ1n) is 6.06. The molecule has 3 aromatic rings. The Morgan fingerprint density at radius 2 is 2.21 bits per heavy atom. The molecule has 4 nitrogen and oxygen atoms in total. The van der Waals surface area contributed by atoms with Crippen molar-refractivity contribution in [3.63, 3.8) is 0 Å². The van der Waals surface area contributed by atoms with Crippen molar-refractivity contribution in [1.82, 2.24) is 10.4 Å². The number of fused-ring (bicyclic) bond motifs is 1. The Labute approximate surface area is 115 Å². The maximum atomic E-state index is 5.97. The number of hydrazine groups is 1. The molecule has 0 aliphatic rings. The number of aromatic nitrogens is 1. The summed E-state index contributed by atoms with van der Waals surface area (Å²) in [6, 6.07) is 7.99. The zero-order chi connectivity index (χ0) is 13.4. The minimum Gasteiger partial charge on any atom is -0.459 e. The molecular formula is C14H15N3OS. The smallest absolute Gasteiger partial charge is 0.137 e. The van der Waals surface area contributed by atoms with Crippen LogP contribution >= 0.6 is 11.3 Å². The number of furan rings is 1. The van der Waals surface area contributed by atoms with Crippen LogP contribution in [-0.2, 0) is 0 Å². The van der Waals surface area contributed by atoms with Gasteiger partial charge in [-0.05, 0) is 25.5 Å². The van der Waals surface area contributed by atoms with Gasteiger partial charge in [0.15, 0.2) is 0 Å². The molecule has 19 heavy (non-hydrogen) atoms. The minimum absolute atomic E-state index is 0.153. The summed E-state index contributed by atoms with van der Waals surface area (Å²) in [5, 5.41) is 1.09. The summed E-state index contributed by atoms with van der Waals surface area (Å²) < 4.78 is 5.97. The van der Waals surface area contributed by atoms with Crippen LogP contribution in [0.1, 0.15) is 27.9 Å². The average molecular weight is 273 g/mol. The van der Waals surface area contributed by atoms with Gasteiger partial charge in [-0.15, -0.1) is 11.3 Å². The van der Waals surface area contributed by atoms with Crippen LogP contribution in [0.2, 0.25) is 0 Å². The predicted octanol–water partition coefficient (Wildman–Crippen LogP) is 3.06. The van der Waals surface area contributed by atoms with Gasteiger partial charge < -0.3 is 4.42 Å². The van der Waals surface area contributed by atoms with Crippen LogP contribution in [-0.4, -0.2) is 4.98 Å². The van der Waals surface area contributed by atoms with Crippen LogP contribution in [0.25, 0.3) is 11.0 Å². The molecule has 0 aliphatic heterocycles. The number of nitrogens with zero attached hydrogens (tertiary/aromatic N) is 1. The molecule has 0 spiro atoms. The molecule has 2 heterocycles. The van der Waals surface area contributed by atoms with Gasteiger partial charge in [-0.2, -0.15) is 0 Å². The summed E-state index contributed by atoms with van der Waals surface area (Å²) in [7, 11) is 0. The van der Waals surface area contributed by atoms with Crippen LogP contribution in [0.15, 0.2) is 34.2 Å². The Balaban J connectivity index is 2.12. The molecule has 2 aromatic heterocycles. The lowest BCUT2D eigenvalue weighted by Crippen LogP contribution is -2.28. The molecule has 3 rings (SSSR count). The lowest BCUT2D eigenvalue weighted by molar-refractivity contribution is 0.479. The monoisotopic (exact) mass is 273 g/mol. The van der Waals surface area contributed by atoms with Crippen LogP contribution in [0, 0.1) is 13.8 Å². The average Bonchev–Trinajstić information content (AvgIpc) is 2.99. The largest absolute Gasteiger partial charge is 0.459 e. The number of benzene rings is 1. The number of nitrogens with one attached hydrogen (secondary N) is 1. The molecule has 0 bridgehead atoms. The Bertz CT molecular complexity index is 716. The zero-order valence-corrected chi connectivity index (χ0v) is 11.6. The Kier molecular flexibility index (Phi) is 3.10. The van der Waals surface area contributed by atoms with Crippen molar-refractivity contribution < 1.29 is 4.42 Å². The van der Waals surface area contributed by atoms with Gasteiger partial charge in [0.1, 0.15) is 17.4 Å². The van der Waals surface area contributed by atoms with Crippen molar-refractivity contribution >= 4 is 22.3 Å². The highest BCUT2D eigenvalue weighted by Gasteiger charge is 2.21. The highest BCUT2D eigenvalue weighted by molar-refractivity contribution is 7.09. The van der Waals surface area contributed by atoms with Crippen molar-refractivity contribution in [2.24, 2.45) is 5.84 Å². The number of hydrogen-bond acceptors (Lipinski definition) is 5. The third-order valence-electron chi connectivity index (χ3n) is 3.26. The fraction of sp³-hybridized carbons (Fsp3) is 0.214. The van der Waals surface area contributed by atoms with Crippen molar-refractivity contribution in [2.75, 3.05) is 0 Å². The van der Waals surface area contributed by atoms with E-state index in [1.54, 1.807) is 11.3 Å². The molecule has 0 fully saturated rings. The quantitative estimate of drug-likeness (QED) is 0.568. The van der Waals surface area contributed by atoms with Crippen LogP contribution in [0.5, 0.6) is 0 Å². The molecule has 0 aliphatic carbocycles. The Morgan fingerprint density at radius 3 is 2.84 bits per heavy atom. The first-order valence-corrected chi connectivity index (χ1v) is 6.94. The van der Waals surface area contributed by atoms with Crippen molar-refractivity contribution in [3.05, 3.63) is 51.7 Å². The highest BCUT2D eigenvalue weighted by Crippen LogP contribution is 2.32. The van der Waals surface area contributed by atoms with E-state index in [1.165, 1.54) is 0 Å². The van der Waals surface area contributed by atoms with Gasteiger partial charge in [-0.1, -0.05) is 18.2 Å². The first-order chi connectivity index (χ1) is 9.20. The second-order valence-electron chi connectivity index (χ2n) is 4.54. The minimum atomic E-state index is -0.153. The number of hydrogen-bond donors (Lipinski definition) is 2. The maximum Gasteiger partial charge on any atom is 0.137 e. The molecule has 0 amide bonds. The fourth-order valence-corrected chi connectivity index (χ4v) is 3.11. The molecule has 1 unspecified atom stereocenters. The molecular weight excluding hydrogens is 258 g/mol. The number of rotatable bonds is 3. The standard InChI is InChI=1S/C14H15N3OS/c1-8-4-3-5-10-6-11(18-13(8)10)12(17-15)14-9(2)16-7-19-14/h3-7,12,17H,15H2,1-2H3. The SMILES string of the molecule is Cc1ncsc1C(NN)c1cc2cccc(C)c2o1. The third-order valence-corrected chi connectivity index (χ3v) is 4.25. The summed E-state index contributed by atoms with van der Waals surface area (Å²) in [4.78, 5) is 5.35. The molecule has 98 valence electrons. The summed E-state index contributed by atoms with van der Waals surface area (Å²) in [5.41, 5.74) is 7.66. The molecule has 0 saturated carbocycles. The van der Waals surface area contributed by atoms with E-state index in [9.17, 15) is 0 Å². The molecule has 1 aromatic carbocycles. The third kappa shape index (κ3) is 2.06. The second-order valence-corrected chi connectivity index (χ2v) is 5.43. The number of para-hydroxylation sites is 1. The summed E-state index contributed by atoms with van der Waals surface area (Å²) in [6.07, 6.45) is 0. The van der Waals surface area contributed by atoms with Gasteiger partial charge in [0.05, 0.1) is 16.1 Å². The van der Waals surface area contributed by atoms with Gasteiger partial charge in [0, 0.05) is 5.39 Å². The van der Waals surface area contributed by atoms with E-state index in [2.05, 4.69) is 10.4 Å². The van der Waals surface area contributed by atoms with Gasteiger partial charge in [-0.25, -0.2) is 10.4 Å². The van der Waals surface area contributed by atoms with E-state index in [1.807, 2.05) is 43.6 Å². The van der Waals surface area contributed by atoms with E-state index in [-0.39, 0.29) is 6.04 Å². The Morgan fingerprint density at radius 1 is 1.37 bits per heavy atom. The lowest BCUT2D eigenvalue weighted by Gasteiger charge is -2.11. The number of nitrogens with two attached hydrogens (primary N) is 1. The van der Waals surface area contributed by atoms with Gasteiger partial charge >= 0.3 is 0 Å². The van der Waals surface area contributed by atoms with Gasteiger partial charge in [0.25, 0.3) is 0 Å². The summed E-state index contributed by atoms with van der Waals surface area (Å²) in [6.45, 7) is 4.02. The Hall–Kier alpha value is -1.69. The zero-order valence-electron chi connectivity index (χ0n) is 10.8. The van der Waals surface area contributed by atoms with E-state index in [0.717, 1.165) is 32.9 Å². The van der Waals surface area contributed by atoms with E-state index < -0.39 is 0 Å². The number of aryl methyl sites for hydroxylation is 2. The molecule has 3 N–H and O–H groups in total. The van der Waals surface area contributed by atoms with Crippen molar-refractivity contribution in [3.8, 4) is 0 Å². The topological polar surface area (TPSA) is 64.1 Å². The molecule has 1 atom stereocenters. The van der Waals surface area contributed by atoms with Crippen LogP contribution in [0.4, 0.5) is 0 Å². The maximum absolute atomic E-state index is 5.97. The normalized spacial score (nSPS) is 13.0. The van der Waals surface area contributed by atoms with Gasteiger partial charge in [0.2, 0.25) is 0 Å². The summed E-state index contributed by atoms with van der Waals surface area (Å²) in [5.74, 6) is 6.51. The first kappa shape index (κ1) is 12.3. The van der Waals surface area contributed by atoms with Crippen molar-refractivity contribution in [2.45, 2.75) is 19.9 Å². The predicted molar refractivity (Wildman–Crippen MR) is 77.0 cm³/mol. The van der Waals surface area contributed by atoms with E-state index in [0.29, 0.717) is 0 Å². The molecule has 0 saturated heterocycles. The summed E-state index contributed by atoms with van der Waals surface area (Å²) >= 11 is 1.58. The highest BCUT2D eigenvalue weighted by atomic mass is 32.1. The number of thiazole rings is 1. The fourth-order valence-electron chi connectivity index (χ4n) is 2.25.